The largest absolute Gasteiger partial charge is 0.373 e. The summed E-state index contributed by atoms with van der Waals surface area (Å²) >= 11 is 0. The van der Waals surface area contributed by atoms with Crippen LogP contribution in [0.4, 0.5) is 17.3 Å². The third-order valence-corrected chi connectivity index (χ3v) is 3.72. The van der Waals surface area contributed by atoms with Crippen molar-refractivity contribution in [3.8, 4) is 0 Å². The van der Waals surface area contributed by atoms with Crippen LogP contribution in [0.5, 0.6) is 0 Å². The fourth-order valence-corrected chi connectivity index (χ4v) is 2.64. The first-order valence-corrected chi connectivity index (χ1v) is 7.23. The number of hydrogen-bond acceptors (Lipinski definition) is 4. The number of hydrogen-bond donors (Lipinski definition) is 2. The molecule has 20 heavy (non-hydrogen) atoms. The highest BCUT2D eigenvalue weighted by Crippen LogP contribution is 2.26. The number of anilines is 3. The van der Waals surface area contributed by atoms with Gasteiger partial charge in [0.25, 0.3) is 0 Å². The minimum atomic E-state index is 0.828. The quantitative estimate of drug-likeness (QED) is 0.893. The summed E-state index contributed by atoms with van der Waals surface area (Å²) in [5.74, 6) is 2.54. The smallest absolute Gasteiger partial charge is 0.136 e. The van der Waals surface area contributed by atoms with Gasteiger partial charge in [0, 0.05) is 25.2 Å². The van der Waals surface area contributed by atoms with Gasteiger partial charge in [0.2, 0.25) is 0 Å². The van der Waals surface area contributed by atoms with Crippen LogP contribution in [0.15, 0.2) is 24.3 Å². The second-order valence-electron chi connectivity index (χ2n) is 5.12. The van der Waals surface area contributed by atoms with E-state index < -0.39 is 0 Å². The summed E-state index contributed by atoms with van der Waals surface area (Å²) < 4.78 is 0. The molecule has 1 aromatic carbocycles. The molecular weight excluding hydrogens is 248 g/mol. The first kappa shape index (κ1) is 12.9. The molecule has 4 heteroatoms. The minimum Gasteiger partial charge on any atom is -0.373 e. The van der Waals surface area contributed by atoms with Crippen LogP contribution in [-0.4, -0.2) is 17.0 Å². The number of benzene rings is 1. The van der Waals surface area contributed by atoms with Gasteiger partial charge in [-0.25, -0.2) is 9.97 Å². The number of nitrogens with one attached hydrogen (secondary N) is 2. The molecule has 0 fully saturated rings. The summed E-state index contributed by atoms with van der Waals surface area (Å²) in [7, 11) is 1.88. The SMILES string of the molecule is CCc1nc(NC)cc(Nc2ccc3c(c2)CCC3)n1. The average molecular weight is 268 g/mol. The molecule has 0 unspecified atom stereocenters. The Labute approximate surface area is 119 Å². The van der Waals surface area contributed by atoms with Crippen LogP contribution in [0.2, 0.25) is 0 Å². The van der Waals surface area contributed by atoms with Crippen molar-refractivity contribution in [3.05, 3.63) is 41.2 Å². The summed E-state index contributed by atoms with van der Waals surface area (Å²) in [6.07, 6.45) is 4.51. The van der Waals surface area contributed by atoms with E-state index >= 15 is 0 Å². The zero-order valence-electron chi connectivity index (χ0n) is 12.0. The highest BCUT2D eigenvalue weighted by Gasteiger charge is 2.11. The van der Waals surface area contributed by atoms with Crippen molar-refractivity contribution in [3.63, 3.8) is 0 Å². The van der Waals surface area contributed by atoms with Gasteiger partial charge in [-0.3, -0.25) is 0 Å². The Hall–Kier alpha value is -2.10. The maximum absolute atomic E-state index is 4.53. The minimum absolute atomic E-state index is 0.828. The van der Waals surface area contributed by atoms with Crippen molar-refractivity contribution in [2.24, 2.45) is 0 Å². The topological polar surface area (TPSA) is 49.8 Å². The summed E-state index contributed by atoms with van der Waals surface area (Å²) in [4.78, 5) is 8.93. The fraction of sp³-hybridized carbons (Fsp3) is 0.375. The van der Waals surface area contributed by atoms with Crippen molar-refractivity contribution in [2.45, 2.75) is 32.6 Å². The summed E-state index contributed by atoms with van der Waals surface area (Å²) in [5, 5.41) is 6.47. The lowest BCUT2D eigenvalue weighted by Crippen LogP contribution is -2.03. The van der Waals surface area contributed by atoms with Gasteiger partial charge in [-0.05, 0) is 42.5 Å². The van der Waals surface area contributed by atoms with Gasteiger partial charge in [0.05, 0.1) is 0 Å². The van der Waals surface area contributed by atoms with Gasteiger partial charge >= 0.3 is 0 Å². The highest BCUT2D eigenvalue weighted by molar-refractivity contribution is 5.61. The van der Waals surface area contributed by atoms with Crippen molar-refractivity contribution >= 4 is 17.3 Å². The lowest BCUT2D eigenvalue weighted by molar-refractivity contribution is 0.912. The van der Waals surface area contributed by atoms with Crippen molar-refractivity contribution in [2.75, 3.05) is 17.7 Å². The zero-order chi connectivity index (χ0) is 13.9. The number of nitrogens with zero attached hydrogens (tertiary/aromatic N) is 2. The predicted molar refractivity (Wildman–Crippen MR) is 82.7 cm³/mol. The molecule has 0 bridgehead atoms. The second kappa shape index (κ2) is 5.49. The Morgan fingerprint density at radius 2 is 1.85 bits per heavy atom. The maximum Gasteiger partial charge on any atom is 0.136 e. The molecule has 0 saturated heterocycles. The first-order chi connectivity index (χ1) is 9.78. The Morgan fingerprint density at radius 1 is 1.05 bits per heavy atom. The van der Waals surface area contributed by atoms with E-state index in [2.05, 4.69) is 45.7 Å². The first-order valence-electron chi connectivity index (χ1n) is 7.23. The maximum atomic E-state index is 4.53. The van der Waals surface area contributed by atoms with Crippen molar-refractivity contribution in [1.82, 2.24) is 9.97 Å². The molecule has 2 aromatic rings. The molecule has 0 saturated carbocycles. The van der Waals surface area contributed by atoms with E-state index in [0.29, 0.717) is 0 Å². The molecule has 1 aliphatic carbocycles. The molecule has 1 heterocycles. The van der Waals surface area contributed by atoms with Crippen LogP contribution in [0.1, 0.15) is 30.3 Å². The number of rotatable bonds is 4. The highest BCUT2D eigenvalue weighted by atomic mass is 15.1. The van der Waals surface area contributed by atoms with Crippen LogP contribution >= 0.6 is 0 Å². The molecule has 1 aromatic heterocycles. The van der Waals surface area contributed by atoms with E-state index in [1.807, 2.05) is 13.1 Å². The van der Waals surface area contributed by atoms with E-state index in [9.17, 15) is 0 Å². The molecule has 2 N–H and O–H groups in total. The van der Waals surface area contributed by atoms with Crippen LogP contribution < -0.4 is 10.6 Å². The fourth-order valence-electron chi connectivity index (χ4n) is 2.64. The second-order valence-corrected chi connectivity index (χ2v) is 5.12. The van der Waals surface area contributed by atoms with Crippen LogP contribution in [0.25, 0.3) is 0 Å². The van der Waals surface area contributed by atoms with Crippen LogP contribution in [0.3, 0.4) is 0 Å². The van der Waals surface area contributed by atoms with Crippen LogP contribution in [0, 0.1) is 0 Å². The molecule has 0 radical (unpaired) electrons. The molecule has 0 aliphatic heterocycles. The molecule has 104 valence electrons. The monoisotopic (exact) mass is 268 g/mol. The van der Waals surface area contributed by atoms with E-state index in [4.69, 9.17) is 0 Å². The van der Waals surface area contributed by atoms with Crippen molar-refractivity contribution in [1.29, 1.82) is 0 Å². The van der Waals surface area contributed by atoms with Gasteiger partial charge in [0.15, 0.2) is 0 Å². The predicted octanol–water partition coefficient (Wildman–Crippen LogP) is 3.31. The van der Waals surface area contributed by atoms with E-state index in [1.165, 1.54) is 30.4 Å². The number of aryl methyl sites for hydroxylation is 3. The lowest BCUT2D eigenvalue weighted by Gasteiger charge is -2.10. The Morgan fingerprint density at radius 3 is 2.65 bits per heavy atom. The van der Waals surface area contributed by atoms with E-state index in [1.54, 1.807) is 0 Å². The van der Waals surface area contributed by atoms with Crippen molar-refractivity contribution < 1.29 is 0 Å². The van der Waals surface area contributed by atoms with Gasteiger partial charge < -0.3 is 10.6 Å². The van der Waals surface area contributed by atoms with Gasteiger partial charge in [0.1, 0.15) is 17.5 Å². The molecule has 0 amide bonds. The van der Waals surface area contributed by atoms with Gasteiger partial charge in [-0.1, -0.05) is 13.0 Å². The molecule has 0 atom stereocenters. The van der Waals surface area contributed by atoms with Gasteiger partial charge in [-0.2, -0.15) is 0 Å². The molecule has 1 aliphatic rings. The number of aromatic nitrogens is 2. The third kappa shape index (κ3) is 2.59. The molecule has 4 nitrogen and oxygen atoms in total. The number of fused-ring (bicyclic) bond motifs is 1. The summed E-state index contributed by atoms with van der Waals surface area (Å²) in [6.45, 7) is 2.06. The Bertz CT molecular complexity index is 600. The average Bonchev–Trinajstić information content (AvgIpc) is 2.94. The standard InChI is InChI=1S/C16H20N4/c1-3-14-19-15(17-2)10-16(20-14)18-13-8-7-11-5-4-6-12(11)9-13/h7-10H,3-6H2,1-2H3,(H2,17,18,19,20). The summed E-state index contributed by atoms with van der Waals surface area (Å²) in [5.41, 5.74) is 4.06. The van der Waals surface area contributed by atoms with E-state index in [-0.39, 0.29) is 0 Å². The molecular formula is C16H20N4. The van der Waals surface area contributed by atoms with E-state index in [0.717, 1.165) is 29.6 Å². The zero-order valence-corrected chi connectivity index (χ0v) is 12.0. The summed E-state index contributed by atoms with van der Waals surface area (Å²) in [6, 6.07) is 8.55. The van der Waals surface area contributed by atoms with Gasteiger partial charge in [-0.15, -0.1) is 0 Å². The Balaban J connectivity index is 1.87. The molecule has 0 spiro atoms. The Kier molecular flexibility index (Phi) is 3.54. The van der Waals surface area contributed by atoms with Crippen LogP contribution in [-0.2, 0) is 19.3 Å². The molecule has 3 rings (SSSR count). The normalized spacial score (nSPS) is 13.1. The lowest BCUT2D eigenvalue weighted by atomic mass is 10.1. The third-order valence-electron chi connectivity index (χ3n) is 3.72.